The number of hydrogen-bond acceptors (Lipinski definition) is 5. The van der Waals surface area contributed by atoms with E-state index < -0.39 is 0 Å². The van der Waals surface area contributed by atoms with Gasteiger partial charge in [0.15, 0.2) is 0 Å². The maximum Gasteiger partial charge on any atom is 0.270 e. The minimum Gasteiger partial charge on any atom is -0.506 e. The molecular formula is C19H22ClN3O4S. The van der Waals surface area contributed by atoms with Gasteiger partial charge in [-0.2, -0.15) is 0 Å². The van der Waals surface area contributed by atoms with Gasteiger partial charge in [0.1, 0.15) is 11.6 Å². The fourth-order valence-corrected chi connectivity index (χ4v) is 5.19. The predicted molar refractivity (Wildman–Crippen MR) is 109 cm³/mol. The van der Waals surface area contributed by atoms with Gasteiger partial charge in [0.2, 0.25) is 5.91 Å². The topological polar surface area (TPSA) is 96.4 Å². The Morgan fingerprint density at radius 2 is 2.14 bits per heavy atom. The standard InChI is InChI=1S/C19H22ClN3O4S/c1-19(2)8-11(5-6-27-19)23-17-15(18(26)22-23)16(28-9-14(25)21-17)10-3-4-13(24)12(20)7-10/h3-4,7,11,16,24H,5-6,8-9H2,1-2H3,(H,21,25)(H,22,26)/t11-,16-/m0/s1. The van der Waals surface area contributed by atoms with E-state index in [1.165, 1.54) is 17.8 Å². The molecule has 2 aromatic rings. The molecule has 0 radical (unpaired) electrons. The van der Waals surface area contributed by atoms with Crippen LogP contribution in [0.3, 0.4) is 0 Å². The average Bonchev–Trinajstić information content (AvgIpc) is 2.83. The van der Waals surface area contributed by atoms with Gasteiger partial charge in [-0.3, -0.25) is 19.4 Å². The molecule has 0 unspecified atom stereocenters. The first-order valence-corrected chi connectivity index (χ1v) is 10.6. The molecule has 2 aliphatic rings. The van der Waals surface area contributed by atoms with Crippen molar-refractivity contribution in [3.05, 3.63) is 44.7 Å². The van der Waals surface area contributed by atoms with E-state index in [0.29, 0.717) is 18.0 Å². The molecule has 7 nitrogen and oxygen atoms in total. The highest BCUT2D eigenvalue weighted by atomic mass is 35.5. The number of fused-ring (bicyclic) bond motifs is 1. The molecule has 1 aromatic heterocycles. The van der Waals surface area contributed by atoms with Crippen LogP contribution in [0.25, 0.3) is 0 Å². The Balaban J connectivity index is 1.81. The Morgan fingerprint density at radius 3 is 2.86 bits per heavy atom. The van der Waals surface area contributed by atoms with Gasteiger partial charge in [-0.25, -0.2) is 0 Å². The number of nitrogens with one attached hydrogen (secondary N) is 2. The number of halogens is 1. The van der Waals surface area contributed by atoms with Crippen LogP contribution < -0.4 is 10.9 Å². The number of phenols is 1. The van der Waals surface area contributed by atoms with Crippen molar-refractivity contribution in [1.82, 2.24) is 9.78 Å². The van der Waals surface area contributed by atoms with E-state index in [-0.39, 0.29) is 44.9 Å². The number of benzene rings is 1. The number of thioether (sulfide) groups is 1. The Bertz CT molecular complexity index is 984. The number of phenolic OH excluding ortho intramolecular Hbond substituents is 1. The van der Waals surface area contributed by atoms with Gasteiger partial charge in [-0.15, -0.1) is 11.8 Å². The van der Waals surface area contributed by atoms with Crippen molar-refractivity contribution in [3.63, 3.8) is 0 Å². The third kappa shape index (κ3) is 3.56. The maximum atomic E-state index is 12.9. The van der Waals surface area contributed by atoms with E-state index in [2.05, 4.69) is 10.4 Å². The van der Waals surface area contributed by atoms with Crippen LogP contribution in [0.15, 0.2) is 23.0 Å². The molecule has 1 fully saturated rings. The molecule has 1 aromatic carbocycles. The smallest absolute Gasteiger partial charge is 0.270 e. The quantitative estimate of drug-likeness (QED) is 0.687. The summed E-state index contributed by atoms with van der Waals surface area (Å²) >= 11 is 7.45. The van der Waals surface area contributed by atoms with Crippen LogP contribution in [0.4, 0.5) is 5.82 Å². The van der Waals surface area contributed by atoms with Crippen molar-refractivity contribution < 1.29 is 14.6 Å². The lowest BCUT2D eigenvalue weighted by Crippen LogP contribution is -2.36. The molecule has 28 heavy (non-hydrogen) atoms. The zero-order valence-electron chi connectivity index (χ0n) is 15.6. The molecule has 2 atom stereocenters. The minimum atomic E-state index is -0.370. The fourth-order valence-electron chi connectivity index (χ4n) is 3.89. The Hall–Kier alpha value is -1.90. The summed E-state index contributed by atoms with van der Waals surface area (Å²) in [6, 6.07) is 4.90. The molecule has 0 aliphatic carbocycles. The number of carbonyl (C=O) groups excluding carboxylic acids is 1. The molecule has 1 amide bonds. The van der Waals surface area contributed by atoms with Crippen LogP contribution in [0, 0.1) is 0 Å². The third-order valence-corrected chi connectivity index (χ3v) is 6.75. The monoisotopic (exact) mass is 423 g/mol. The highest BCUT2D eigenvalue weighted by molar-refractivity contribution is 8.00. The Labute approximate surface area is 171 Å². The lowest BCUT2D eigenvalue weighted by atomic mass is 9.94. The summed E-state index contributed by atoms with van der Waals surface area (Å²) in [4.78, 5) is 25.3. The molecular weight excluding hydrogens is 402 g/mol. The van der Waals surface area contributed by atoms with Gasteiger partial charge in [-0.1, -0.05) is 17.7 Å². The fraction of sp³-hybridized carbons (Fsp3) is 0.474. The van der Waals surface area contributed by atoms with E-state index in [4.69, 9.17) is 16.3 Å². The van der Waals surface area contributed by atoms with Crippen LogP contribution in [0.1, 0.15) is 49.1 Å². The van der Waals surface area contributed by atoms with Crippen LogP contribution in [0.2, 0.25) is 5.02 Å². The third-order valence-electron chi connectivity index (χ3n) is 5.17. The summed E-state index contributed by atoms with van der Waals surface area (Å²) in [7, 11) is 0. The average molecular weight is 424 g/mol. The molecule has 2 aliphatic heterocycles. The van der Waals surface area contributed by atoms with Crippen molar-refractivity contribution >= 4 is 35.1 Å². The zero-order chi connectivity index (χ0) is 20.1. The van der Waals surface area contributed by atoms with Crippen LogP contribution in [-0.2, 0) is 9.53 Å². The molecule has 3 heterocycles. The normalized spacial score (nSPS) is 24.3. The van der Waals surface area contributed by atoms with E-state index in [0.717, 1.165) is 18.4 Å². The Morgan fingerprint density at radius 1 is 1.36 bits per heavy atom. The highest BCUT2D eigenvalue weighted by Gasteiger charge is 2.36. The summed E-state index contributed by atoms with van der Waals surface area (Å²) in [5.41, 5.74) is 0.732. The molecule has 150 valence electrons. The number of anilines is 1. The summed E-state index contributed by atoms with van der Waals surface area (Å²) in [5.74, 6) is 0.556. The molecule has 1 saturated heterocycles. The number of H-pyrrole nitrogens is 1. The van der Waals surface area contributed by atoms with Gasteiger partial charge < -0.3 is 15.2 Å². The lowest BCUT2D eigenvalue weighted by molar-refractivity contribution is -0.113. The van der Waals surface area contributed by atoms with E-state index >= 15 is 0 Å². The van der Waals surface area contributed by atoms with E-state index in [9.17, 15) is 14.7 Å². The number of rotatable bonds is 2. The number of hydrogen-bond donors (Lipinski definition) is 3. The highest BCUT2D eigenvalue weighted by Crippen LogP contribution is 2.43. The summed E-state index contributed by atoms with van der Waals surface area (Å²) in [6.45, 7) is 4.64. The zero-order valence-corrected chi connectivity index (χ0v) is 17.2. The van der Waals surface area contributed by atoms with Crippen molar-refractivity contribution in [1.29, 1.82) is 0 Å². The minimum absolute atomic E-state index is 0.0191. The second-order valence-corrected chi connectivity index (χ2v) is 9.28. The first-order chi connectivity index (χ1) is 13.2. The molecule has 0 saturated carbocycles. The predicted octanol–water partition coefficient (Wildman–Crippen LogP) is 3.44. The van der Waals surface area contributed by atoms with Gasteiger partial charge in [-0.05, 0) is 44.4 Å². The van der Waals surface area contributed by atoms with Gasteiger partial charge in [0, 0.05) is 6.61 Å². The SMILES string of the molecule is CC1(C)C[C@@H](n2[nH]c(=O)c3c2NC(=O)CS[C@H]3c2ccc(O)c(Cl)c2)CCO1. The van der Waals surface area contributed by atoms with Crippen molar-refractivity contribution in [2.75, 3.05) is 17.7 Å². The van der Waals surface area contributed by atoms with Crippen molar-refractivity contribution in [2.45, 2.75) is 43.6 Å². The van der Waals surface area contributed by atoms with E-state index in [1.54, 1.807) is 16.8 Å². The number of carbonyl (C=O) groups is 1. The number of amides is 1. The molecule has 0 bridgehead atoms. The number of ether oxygens (including phenoxy) is 1. The van der Waals surface area contributed by atoms with Crippen molar-refractivity contribution in [3.8, 4) is 5.75 Å². The number of aromatic amines is 1. The van der Waals surface area contributed by atoms with Gasteiger partial charge in [0.25, 0.3) is 5.56 Å². The van der Waals surface area contributed by atoms with Gasteiger partial charge >= 0.3 is 0 Å². The van der Waals surface area contributed by atoms with E-state index in [1.807, 2.05) is 13.8 Å². The first kappa shape index (κ1) is 19.4. The summed E-state index contributed by atoms with van der Waals surface area (Å²) < 4.78 is 7.59. The number of aromatic nitrogens is 2. The molecule has 4 rings (SSSR count). The largest absolute Gasteiger partial charge is 0.506 e. The summed E-state index contributed by atoms with van der Waals surface area (Å²) in [6.07, 6.45) is 1.47. The molecule has 0 spiro atoms. The molecule has 9 heteroatoms. The lowest BCUT2D eigenvalue weighted by Gasteiger charge is -2.36. The van der Waals surface area contributed by atoms with Crippen molar-refractivity contribution in [2.24, 2.45) is 0 Å². The molecule has 3 N–H and O–H groups in total. The van der Waals surface area contributed by atoms with Crippen LogP contribution in [-0.4, -0.2) is 38.8 Å². The number of nitrogens with zero attached hydrogens (tertiary/aromatic N) is 1. The summed E-state index contributed by atoms with van der Waals surface area (Å²) in [5, 5.41) is 15.4. The van der Waals surface area contributed by atoms with Crippen LogP contribution in [0.5, 0.6) is 5.75 Å². The van der Waals surface area contributed by atoms with Gasteiger partial charge in [0.05, 0.1) is 33.2 Å². The second kappa shape index (κ2) is 7.17. The second-order valence-electron chi connectivity index (χ2n) is 7.78. The first-order valence-electron chi connectivity index (χ1n) is 9.13. The maximum absolute atomic E-state index is 12.9. The number of aromatic hydroxyl groups is 1. The Kier molecular flexibility index (Phi) is 4.97. The van der Waals surface area contributed by atoms with Crippen LogP contribution >= 0.6 is 23.4 Å².